The molecule has 0 aliphatic carbocycles. The van der Waals surface area contributed by atoms with Gasteiger partial charge in [-0.05, 0) is 24.8 Å². The summed E-state index contributed by atoms with van der Waals surface area (Å²) >= 11 is 0. The normalized spacial score (nSPS) is 19.1. The maximum atomic E-state index is 5.31. The van der Waals surface area contributed by atoms with Gasteiger partial charge in [0, 0.05) is 39.0 Å². The highest BCUT2D eigenvalue weighted by atomic mass is 16.4. The molecule has 0 spiro atoms. The van der Waals surface area contributed by atoms with E-state index >= 15 is 0 Å². The van der Waals surface area contributed by atoms with Gasteiger partial charge in [0.05, 0.1) is 0 Å². The fourth-order valence-corrected chi connectivity index (χ4v) is 2.47. The molecule has 1 unspecified atom stereocenters. The van der Waals surface area contributed by atoms with Crippen LogP contribution in [0.2, 0.25) is 0 Å². The molecule has 20 heavy (non-hydrogen) atoms. The number of rotatable bonds is 4. The lowest BCUT2D eigenvalue weighted by molar-refractivity contribution is 0.422. The third-order valence-electron chi connectivity index (χ3n) is 3.42. The minimum Gasteiger partial charge on any atom is -0.408 e. The molecule has 1 saturated heterocycles. The van der Waals surface area contributed by atoms with E-state index in [4.69, 9.17) is 4.42 Å². The van der Waals surface area contributed by atoms with E-state index in [0.717, 1.165) is 32.0 Å². The third-order valence-corrected chi connectivity index (χ3v) is 3.42. The maximum absolute atomic E-state index is 5.31. The molecule has 1 aliphatic heterocycles. The van der Waals surface area contributed by atoms with E-state index < -0.39 is 0 Å². The molecule has 7 heteroatoms. The standard InChI is InChI=1S/C13H18N6O/c1-10-17-18-13(20-10)16-8-11-4-2-7-19(9-11)12-14-5-3-6-15-12/h3,5-6,11H,2,4,7-9H2,1H3,(H,16,18). The number of hydrogen-bond acceptors (Lipinski definition) is 7. The fraction of sp³-hybridized carbons (Fsp3) is 0.538. The molecule has 106 valence electrons. The second-order valence-corrected chi connectivity index (χ2v) is 5.01. The molecule has 7 nitrogen and oxygen atoms in total. The van der Waals surface area contributed by atoms with E-state index in [1.54, 1.807) is 19.3 Å². The highest BCUT2D eigenvalue weighted by Crippen LogP contribution is 2.20. The molecular weight excluding hydrogens is 256 g/mol. The number of piperidine rings is 1. The van der Waals surface area contributed by atoms with Crippen molar-refractivity contribution in [1.82, 2.24) is 20.2 Å². The van der Waals surface area contributed by atoms with Crippen LogP contribution in [0.3, 0.4) is 0 Å². The molecule has 3 rings (SSSR count). The van der Waals surface area contributed by atoms with E-state index in [9.17, 15) is 0 Å². The molecule has 1 atom stereocenters. The highest BCUT2D eigenvalue weighted by molar-refractivity contribution is 5.29. The van der Waals surface area contributed by atoms with Gasteiger partial charge in [-0.3, -0.25) is 0 Å². The Hall–Kier alpha value is -2.18. The van der Waals surface area contributed by atoms with Crippen molar-refractivity contribution in [3.05, 3.63) is 24.4 Å². The first kappa shape index (κ1) is 12.8. The zero-order valence-corrected chi connectivity index (χ0v) is 11.5. The van der Waals surface area contributed by atoms with Crippen LogP contribution in [0.25, 0.3) is 0 Å². The first-order valence-electron chi connectivity index (χ1n) is 6.87. The van der Waals surface area contributed by atoms with Gasteiger partial charge in [0.25, 0.3) is 0 Å². The molecule has 0 bridgehead atoms. The zero-order valence-electron chi connectivity index (χ0n) is 11.5. The Morgan fingerprint density at radius 1 is 1.35 bits per heavy atom. The average Bonchev–Trinajstić information content (AvgIpc) is 2.92. The predicted octanol–water partition coefficient (Wildman–Crippen LogP) is 1.50. The van der Waals surface area contributed by atoms with Crippen LogP contribution in [-0.4, -0.2) is 39.8 Å². The van der Waals surface area contributed by atoms with Crippen LogP contribution in [0.1, 0.15) is 18.7 Å². The zero-order chi connectivity index (χ0) is 13.8. The first-order valence-corrected chi connectivity index (χ1v) is 6.87. The smallest absolute Gasteiger partial charge is 0.315 e. The van der Waals surface area contributed by atoms with Gasteiger partial charge in [0.2, 0.25) is 11.8 Å². The van der Waals surface area contributed by atoms with Crippen molar-refractivity contribution in [2.75, 3.05) is 29.9 Å². The van der Waals surface area contributed by atoms with E-state index in [0.29, 0.717) is 17.8 Å². The number of anilines is 2. The van der Waals surface area contributed by atoms with Crippen molar-refractivity contribution in [2.24, 2.45) is 5.92 Å². The van der Waals surface area contributed by atoms with Crippen LogP contribution in [0.4, 0.5) is 12.0 Å². The summed E-state index contributed by atoms with van der Waals surface area (Å²) in [5.74, 6) is 1.92. The number of nitrogens with zero attached hydrogens (tertiary/aromatic N) is 5. The Bertz CT molecular complexity index is 543. The Morgan fingerprint density at radius 2 is 2.20 bits per heavy atom. The van der Waals surface area contributed by atoms with Crippen molar-refractivity contribution in [3.63, 3.8) is 0 Å². The lowest BCUT2D eigenvalue weighted by atomic mass is 9.98. The molecule has 1 aliphatic rings. The van der Waals surface area contributed by atoms with Gasteiger partial charge in [-0.1, -0.05) is 5.10 Å². The van der Waals surface area contributed by atoms with E-state index in [1.807, 2.05) is 6.07 Å². The van der Waals surface area contributed by atoms with E-state index in [2.05, 4.69) is 30.4 Å². The van der Waals surface area contributed by atoms with Gasteiger partial charge in [0.1, 0.15) is 0 Å². The third kappa shape index (κ3) is 3.04. The fourth-order valence-electron chi connectivity index (χ4n) is 2.47. The van der Waals surface area contributed by atoms with E-state index in [1.165, 1.54) is 6.42 Å². The minimum atomic E-state index is 0.496. The van der Waals surface area contributed by atoms with Crippen LogP contribution in [-0.2, 0) is 0 Å². The molecule has 3 heterocycles. The molecule has 2 aromatic rings. The lowest BCUT2D eigenvalue weighted by Crippen LogP contribution is -2.39. The number of aryl methyl sites for hydroxylation is 1. The first-order chi connectivity index (χ1) is 9.81. The second kappa shape index (κ2) is 5.85. The van der Waals surface area contributed by atoms with Crippen molar-refractivity contribution in [2.45, 2.75) is 19.8 Å². The number of nitrogens with one attached hydrogen (secondary N) is 1. The quantitative estimate of drug-likeness (QED) is 0.904. The van der Waals surface area contributed by atoms with E-state index in [-0.39, 0.29) is 0 Å². The van der Waals surface area contributed by atoms with Gasteiger partial charge in [-0.2, -0.15) is 0 Å². The Labute approximate surface area is 117 Å². The van der Waals surface area contributed by atoms with Crippen LogP contribution < -0.4 is 10.2 Å². The molecule has 0 radical (unpaired) electrons. The minimum absolute atomic E-state index is 0.496. The molecule has 0 amide bonds. The van der Waals surface area contributed by atoms with Gasteiger partial charge < -0.3 is 14.6 Å². The Kier molecular flexibility index (Phi) is 3.76. The predicted molar refractivity (Wildman–Crippen MR) is 74.5 cm³/mol. The van der Waals surface area contributed by atoms with Crippen molar-refractivity contribution < 1.29 is 4.42 Å². The van der Waals surface area contributed by atoms with Crippen LogP contribution in [0, 0.1) is 12.8 Å². The summed E-state index contributed by atoms with van der Waals surface area (Å²) in [7, 11) is 0. The Balaban J connectivity index is 1.55. The van der Waals surface area contributed by atoms with Crippen LogP contribution in [0.5, 0.6) is 0 Å². The molecule has 2 aromatic heterocycles. The monoisotopic (exact) mass is 274 g/mol. The molecule has 1 fully saturated rings. The van der Waals surface area contributed by atoms with Crippen molar-refractivity contribution >= 4 is 12.0 Å². The highest BCUT2D eigenvalue weighted by Gasteiger charge is 2.21. The van der Waals surface area contributed by atoms with Gasteiger partial charge in [0.15, 0.2) is 0 Å². The second-order valence-electron chi connectivity index (χ2n) is 5.01. The van der Waals surface area contributed by atoms with Crippen molar-refractivity contribution in [1.29, 1.82) is 0 Å². The van der Waals surface area contributed by atoms with Crippen LogP contribution in [0.15, 0.2) is 22.9 Å². The van der Waals surface area contributed by atoms with Crippen LogP contribution >= 0.6 is 0 Å². The lowest BCUT2D eigenvalue weighted by Gasteiger charge is -2.32. The SMILES string of the molecule is Cc1nnc(NCC2CCCN(c3ncccn3)C2)o1. The summed E-state index contributed by atoms with van der Waals surface area (Å²) in [6.45, 7) is 4.57. The summed E-state index contributed by atoms with van der Waals surface area (Å²) in [5, 5.41) is 10.9. The number of aromatic nitrogens is 4. The summed E-state index contributed by atoms with van der Waals surface area (Å²) in [6, 6.07) is 2.33. The van der Waals surface area contributed by atoms with Gasteiger partial charge >= 0.3 is 6.01 Å². The van der Waals surface area contributed by atoms with Crippen molar-refractivity contribution in [3.8, 4) is 0 Å². The summed E-state index contributed by atoms with van der Waals surface area (Å²) < 4.78 is 5.31. The molecular formula is C13H18N6O. The Morgan fingerprint density at radius 3 is 2.95 bits per heavy atom. The maximum Gasteiger partial charge on any atom is 0.315 e. The largest absolute Gasteiger partial charge is 0.408 e. The topological polar surface area (TPSA) is 80.0 Å². The molecule has 0 saturated carbocycles. The van der Waals surface area contributed by atoms with Gasteiger partial charge in [-0.15, -0.1) is 5.10 Å². The summed E-state index contributed by atoms with van der Waals surface area (Å²) in [4.78, 5) is 10.9. The summed E-state index contributed by atoms with van der Waals surface area (Å²) in [6.07, 6.45) is 5.90. The average molecular weight is 274 g/mol. The number of hydrogen-bond donors (Lipinski definition) is 1. The summed E-state index contributed by atoms with van der Waals surface area (Å²) in [5.41, 5.74) is 0. The molecule has 0 aromatic carbocycles. The van der Waals surface area contributed by atoms with Gasteiger partial charge in [-0.25, -0.2) is 9.97 Å². The molecule has 1 N–H and O–H groups in total.